The van der Waals surface area contributed by atoms with Crippen molar-refractivity contribution in [1.82, 2.24) is 10.3 Å². The summed E-state index contributed by atoms with van der Waals surface area (Å²) in [6.45, 7) is 5.26. The van der Waals surface area contributed by atoms with Gasteiger partial charge in [0.05, 0.1) is 5.52 Å². The van der Waals surface area contributed by atoms with Crippen molar-refractivity contribution < 1.29 is 0 Å². The van der Waals surface area contributed by atoms with Crippen LogP contribution in [-0.2, 0) is 0 Å². The summed E-state index contributed by atoms with van der Waals surface area (Å²) in [6, 6.07) is 11.5. The molecule has 20 heavy (non-hydrogen) atoms. The third-order valence-electron chi connectivity index (χ3n) is 3.97. The second-order valence-electron chi connectivity index (χ2n) is 5.49. The van der Waals surface area contributed by atoms with Gasteiger partial charge in [-0.1, -0.05) is 19.1 Å². The zero-order chi connectivity index (χ0) is 13.9. The molecule has 0 bridgehead atoms. The van der Waals surface area contributed by atoms with Gasteiger partial charge in [0.25, 0.3) is 0 Å². The summed E-state index contributed by atoms with van der Waals surface area (Å²) in [7, 11) is 0. The van der Waals surface area contributed by atoms with E-state index in [9.17, 15) is 0 Å². The van der Waals surface area contributed by atoms with Crippen LogP contribution in [0.4, 0.5) is 0 Å². The Morgan fingerprint density at radius 1 is 1.35 bits per heavy atom. The molecular formula is C17H22N2S. The number of rotatable bonds is 4. The maximum absolute atomic E-state index is 4.59. The van der Waals surface area contributed by atoms with E-state index >= 15 is 0 Å². The van der Waals surface area contributed by atoms with Gasteiger partial charge in [-0.3, -0.25) is 4.98 Å². The van der Waals surface area contributed by atoms with Crippen LogP contribution in [0.5, 0.6) is 0 Å². The summed E-state index contributed by atoms with van der Waals surface area (Å²) < 4.78 is 0. The molecule has 2 nitrogen and oxygen atoms in total. The second kappa shape index (κ2) is 6.15. The van der Waals surface area contributed by atoms with E-state index in [1.54, 1.807) is 0 Å². The topological polar surface area (TPSA) is 24.9 Å². The number of nitrogens with zero attached hydrogens (tertiary/aromatic N) is 1. The minimum atomic E-state index is 0.471. The fraction of sp³-hybridized carbons (Fsp3) is 0.471. The summed E-state index contributed by atoms with van der Waals surface area (Å²) in [5, 5.41) is 5.64. The van der Waals surface area contributed by atoms with Crippen LogP contribution in [0.3, 0.4) is 0 Å². The fourth-order valence-electron chi connectivity index (χ4n) is 2.99. The molecule has 1 aromatic carbocycles. The van der Waals surface area contributed by atoms with Crippen LogP contribution in [0.15, 0.2) is 30.3 Å². The number of hydrogen-bond acceptors (Lipinski definition) is 3. The first kappa shape index (κ1) is 13.9. The summed E-state index contributed by atoms with van der Waals surface area (Å²) in [5.41, 5.74) is 3.59. The first-order valence-electron chi connectivity index (χ1n) is 7.50. The highest BCUT2D eigenvalue weighted by atomic mass is 32.2. The maximum Gasteiger partial charge on any atom is 0.0705 e. The molecule has 1 fully saturated rings. The van der Waals surface area contributed by atoms with Crippen molar-refractivity contribution in [3.63, 3.8) is 0 Å². The molecule has 1 N–H and O–H groups in total. The van der Waals surface area contributed by atoms with Crippen molar-refractivity contribution in [2.75, 3.05) is 12.3 Å². The lowest BCUT2D eigenvalue weighted by atomic mass is 9.99. The lowest BCUT2D eigenvalue weighted by Crippen LogP contribution is -2.28. The largest absolute Gasteiger partial charge is 0.309 e. The predicted molar refractivity (Wildman–Crippen MR) is 88.4 cm³/mol. The first-order chi connectivity index (χ1) is 9.78. The minimum absolute atomic E-state index is 0.471. The molecule has 1 aliphatic heterocycles. The van der Waals surface area contributed by atoms with Gasteiger partial charge in [0, 0.05) is 22.4 Å². The number of aryl methyl sites for hydroxylation is 1. The molecule has 106 valence electrons. The Labute approximate surface area is 125 Å². The van der Waals surface area contributed by atoms with Gasteiger partial charge < -0.3 is 5.32 Å². The van der Waals surface area contributed by atoms with E-state index < -0.39 is 0 Å². The number of hydrogen-bond donors (Lipinski definition) is 1. The van der Waals surface area contributed by atoms with E-state index in [2.05, 4.69) is 59.3 Å². The Morgan fingerprint density at radius 2 is 2.25 bits per heavy atom. The highest BCUT2D eigenvalue weighted by molar-refractivity contribution is 8.00. The average molecular weight is 286 g/mol. The van der Waals surface area contributed by atoms with Crippen LogP contribution >= 0.6 is 11.8 Å². The smallest absolute Gasteiger partial charge is 0.0705 e. The molecule has 0 radical (unpaired) electrons. The third kappa shape index (κ3) is 2.84. The van der Waals surface area contributed by atoms with Crippen LogP contribution in [0, 0.1) is 6.92 Å². The highest BCUT2D eigenvalue weighted by Crippen LogP contribution is 2.36. The number of thioether (sulfide) groups is 1. The Hall–Kier alpha value is -1.06. The van der Waals surface area contributed by atoms with Crippen molar-refractivity contribution in [3.05, 3.63) is 41.6 Å². The van der Waals surface area contributed by atoms with E-state index in [0.29, 0.717) is 11.3 Å². The molecule has 2 atom stereocenters. The van der Waals surface area contributed by atoms with Crippen LogP contribution in [0.1, 0.15) is 37.1 Å². The zero-order valence-electron chi connectivity index (χ0n) is 12.2. The van der Waals surface area contributed by atoms with Gasteiger partial charge in [-0.25, -0.2) is 0 Å². The summed E-state index contributed by atoms with van der Waals surface area (Å²) >= 11 is 2.11. The van der Waals surface area contributed by atoms with Crippen molar-refractivity contribution >= 4 is 22.7 Å². The minimum Gasteiger partial charge on any atom is -0.309 e. The standard InChI is InChI=1S/C17H22N2S/c1-3-18-17(16-5-4-10-20-16)14-8-9-15-13(11-14)7-6-12(2)19-15/h6-9,11,16-18H,3-5,10H2,1-2H3. The van der Waals surface area contributed by atoms with Crippen molar-refractivity contribution in [2.45, 2.75) is 38.0 Å². The van der Waals surface area contributed by atoms with Crippen LogP contribution < -0.4 is 5.32 Å². The van der Waals surface area contributed by atoms with Gasteiger partial charge in [0.2, 0.25) is 0 Å². The highest BCUT2D eigenvalue weighted by Gasteiger charge is 2.26. The Morgan fingerprint density at radius 3 is 3.00 bits per heavy atom. The molecule has 1 aliphatic rings. The van der Waals surface area contributed by atoms with E-state index in [1.165, 1.54) is 29.5 Å². The van der Waals surface area contributed by atoms with Gasteiger partial charge in [-0.15, -0.1) is 0 Å². The molecule has 2 unspecified atom stereocenters. The summed E-state index contributed by atoms with van der Waals surface area (Å²) in [6.07, 6.45) is 2.68. The van der Waals surface area contributed by atoms with Gasteiger partial charge in [-0.05, 0) is 55.8 Å². The number of benzene rings is 1. The molecule has 2 aromatic rings. The van der Waals surface area contributed by atoms with Crippen molar-refractivity contribution in [3.8, 4) is 0 Å². The molecule has 3 heteroatoms. The maximum atomic E-state index is 4.59. The molecule has 0 spiro atoms. The van der Waals surface area contributed by atoms with Crippen molar-refractivity contribution in [1.29, 1.82) is 0 Å². The van der Waals surface area contributed by atoms with E-state index in [0.717, 1.165) is 17.8 Å². The number of pyridine rings is 1. The van der Waals surface area contributed by atoms with E-state index in [4.69, 9.17) is 0 Å². The molecule has 1 saturated heterocycles. The Balaban J connectivity index is 1.95. The van der Waals surface area contributed by atoms with Gasteiger partial charge in [-0.2, -0.15) is 11.8 Å². The van der Waals surface area contributed by atoms with Gasteiger partial charge in [0.15, 0.2) is 0 Å². The molecule has 2 heterocycles. The summed E-state index contributed by atoms with van der Waals surface area (Å²) in [5.74, 6) is 1.31. The quantitative estimate of drug-likeness (QED) is 0.916. The van der Waals surface area contributed by atoms with Gasteiger partial charge >= 0.3 is 0 Å². The van der Waals surface area contributed by atoms with E-state index in [-0.39, 0.29) is 0 Å². The lowest BCUT2D eigenvalue weighted by Gasteiger charge is -2.24. The lowest BCUT2D eigenvalue weighted by molar-refractivity contribution is 0.519. The second-order valence-corrected chi connectivity index (χ2v) is 6.84. The molecular weight excluding hydrogens is 264 g/mol. The molecule has 3 rings (SSSR count). The van der Waals surface area contributed by atoms with E-state index in [1.807, 2.05) is 6.92 Å². The Bertz CT molecular complexity index is 591. The third-order valence-corrected chi connectivity index (χ3v) is 5.43. The SMILES string of the molecule is CCNC(c1ccc2nc(C)ccc2c1)C1CCCS1. The Kier molecular flexibility index (Phi) is 4.27. The first-order valence-corrected chi connectivity index (χ1v) is 8.55. The molecule has 0 aliphatic carbocycles. The zero-order valence-corrected chi connectivity index (χ0v) is 13.0. The fourth-order valence-corrected chi connectivity index (χ4v) is 4.40. The summed E-state index contributed by atoms with van der Waals surface area (Å²) in [4.78, 5) is 4.59. The van der Waals surface area contributed by atoms with Crippen LogP contribution in [0.25, 0.3) is 10.9 Å². The molecule has 0 saturated carbocycles. The van der Waals surface area contributed by atoms with Crippen LogP contribution in [-0.4, -0.2) is 22.5 Å². The number of aromatic nitrogens is 1. The molecule has 0 amide bonds. The average Bonchev–Trinajstić information content (AvgIpc) is 2.98. The normalized spacial score (nSPS) is 20.4. The van der Waals surface area contributed by atoms with Crippen LogP contribution in [0.2, 0.25) is 0 Å². The number of nitrogens with one attached hydrogen (secondary N) is 1. The monoisotopic (exact) mass is 286 g/mol. The predicted octanol–water partition coefficient (Wildman–Crippen LogP) is 4.09. The molecule has 1 aromatic heterocycles. The van der Waals surface area contributed by atoms with Crippen molar-refractivity contribution in [2.24, 2.45) is 0 Å². The van der Waals surface area contributed by atoms with Gasteiger partial charge in [0.1, 0.15) is 0 Å². The number of fused-ring (bicyclic) bond motifs is 1.